The molecule has 9 heteroatoms. The van der Waals surface area contributed by atoms with E-state index in [4.69, 9.17) is 9.05 Å². The van der Waals surface area contributed by atoms with Crippen LogP contribution in [0.5, 0.6) is 0 Å². The first kappa shape index (κ1) is 80.2. The fraction of sp³-hybridized carbons (Fsp3) is 0.849. The first-order valence-corrected chi connectivity index (χ1v) is 37.2. The van der Waals surface area contributed by atoms with E-state index in [0.717, 1.165) is 51.4 Å². The van der Waals surface area contributed by atoms with Gasteiger partial charge in [0.25, 0.3) is 0 Å². The third-order valence-electron chi connectivity index (χ3n) is 16.2. The van der Waals surface area contributed by atoms with E-state index >= 15 is 0 Å². The Kier molecular flexibility index (Phi) is 62.3. The molecule has 0 radical (unpaired) electrons. The number of aliphatic hydroxyl groups excluding tert-OH is 1. The summed E-state index contributed by atoms with van der Waals surface area (Å²) in [6.07, 6.45) is 88.1. The summed E-state index contributed by atoms with van der Waals surface area (Å²) < 4.78 is 23.8. The summed E-state index contributed by atoms with van der Waals surface area (Å²) in [5.74, 6) is -0.182. The summed E-state index contributed by atoms with van der Waals surface area (Å²) >= 11 is 0. The molecule has 0 aromatic rings. The van der Waals surface area contributed by atoms with Gasteiger partial charge in [0.15, 0.2) is 0 Å². The van der Waals surface area contributed by atoms with Crippen LogP contribution in [0.1, 0.15) is 348 Å². The van der Waals surface area contributed by atoms with Crippen molar-refractivity contribution in [2.45, 2.75) is 360 Å². The molecule has 3 N–H and O–H groups in total. The van der Waals surface area contributed by atoms with Crippen molar-refractivity contribution in [1.82, 2.24) is 5.32 Å². The number of rotatable bonds is 66. The van der Waals surface area contributed by atoms with Crippen molar-refractivity contribution in [3.63, 3.8) is 0 Å². The molecule has 0 saturated carbocycles. The smallest absolute Gasteiger partial charge is 0.387 e. The molecular formula is C73H140N2O6P+. The number of carbonyl (C=O) groups is 1. The van der Waals surface area contributed by atoms with Gasteiger partial charge in [-0.3, -0.25) is 13.8 Å². The average molecular weight is 1170 g/mol. The van der Waals surface area contributed by atoms with Crippen molar-refractivity contribution in [2.75, 3.05) is 40.9 Å². The van der Waals surface area contributed by atoms with Gasteiger partial charge in [-0.2, -0.15) is 0 Å². The first-order chi connectivity index (χ1) is 40.0. The zero-order chi connectivity index (χ0) is 59.8. The molecule has 0 aromatic heterocycles. The number of phosphoric ester groups is 1. The normalized spacial score (nSPS) is 14.0. The van der Waals surface area contributed by atoms with E-state index in [-0.39, 0.29) is 19.1 Å². The van der Waals surface area contributed by atoms with Crippen LogP contribution in [0.2, 0.25) is 0 Å². The van der Waals surface area contributed by atoms with Crippen molar-refractivity contribution in [3.05, 3.63) is 60.8 Å². The lowest BCUT2D eigenvalue weighted by Gasteiger charge is -2.25. The second kappa shape index (κ2) is 63.7. The SMILES string of the molecule is CCCCCCC/C=C\C/C=C\C/C=C\CCCCCCCCCCCCCCCCCCCCC(=O)NC(COP(=O)(O)OCC[N+](C)(C)C)C(O)/C=C/CC/C=C/CCCCCCCCCCCCCCCCCCCCCCC. The molecule has 0 spiro atoms. The lowest BCUT2D eigenvalue weighted by Crippen LogP contribution is -2.45. The highest BCUT2D eigenvalue weighted by Gasteiger charge is 2.28. The van der Waals surface area contributed by atoms with E-state index < -0.39 is 20.0 Å². The van der Waals surface area contributed by atoms with Gasteiger partial charge in [-0.15, -0.1) is 0 Å². The van der Waals surface area contributed by atoms with Gasteiger partial charge in [0.1, 0.15) is 13.2 Å². The van der Waals surface area contributed by atoms with Crippen LogP contribution < -0.4 is 5.32 Å². The highest BCUT2D eigenvalue weighted by Crippen LogP contribution is 2.43. The summed E-state index contributed by atoms with van der Waals surface area (Å²) in [5, 5.41) is 14.0. The summed E-state index contributed by atoms with van der Waals surface area (Å²) in [5.41, 5.74) is 0. The van der Waals surface area contributed by atoms with Gasteiger partial charge in [0.2, 0.25) is 5.91 Å². The third-order valence-corrected chi connectivity index (χ3v) is 17.2. The predicted octanol–water partition coefficient (Wildman–Crippen LogP) is 22.8. The molecule has 1 amide bonds. The number of phosphoric acid groups is 1. The zero-order valence-corrected chi connectivity index (χ0v) is 56.1. The number of allylic oxidation sites excluding steroid dienone is 9. The van der Waals surface area contributed by atoms with Gasteiger partial charge in [-0.1, -0.05) is 331 Å². The minimum Gasteiger partial charge on any atom is -0.387 e. The van der Waals surface area contributed by atoms with Crippen LogP contribution in [0.25, 0.3) is 0 Å². The average Bonchev–Trinajstić information content (AvgIpc) is 3.47. The zero-order valence-electron chi connectivity index (χ0n) is 55.2. The molecule has 0 aliphatic heterocycles. The van der Waals surface area contributed by atoms with Crippen molar-refractivity contribution in [2.24, 2.45) is 0 Å². The molecule has 82 heavy (non-hydrogen) atoms. The molecule has 0 saturated heterocycles. The molecule has 0 aliphatic rings. The third kappa shape index (κ3) is 65.7. The molecule has 0 rings (SSSR count). The second-order valence-corrected chi connectivity index (χ2v) is 27.1. The molecule has 0 aromatic carbocycles. The Balaban J connectivity index is 4.07. The quantitative estimate of drug-likeness (QED) is 0.0243. The van der Waals surface area contributed by atoms with E-state index in [9.17, 15) is 19.4 Å². The van der Waals surface area contributed by atoms with Gasteiger partial charge in [-0.25, -0.2) is 4.57 Å². The van der Waals surface area contributed by atoms with Crippen LogP contribution in [-0.2, 0) is 18.4 Å². The topological polar surface area (TPSA) is 105 Å². The van der Waals surface area contributed by atoms with E-state index in [1.54, 1.807) is 6.08 Å². The Hall–Kier alpha value is -1.80. The van der Waals surface area contributed by atoms with Crippen LogP contribution in [0.15, 0.2) is 60.8 Å². The van der Waals surface area contributed by atoms with E-state index in [1.807, 2.05) is 27.2 Å². The maximum atomic E-state index is 13.1. The Morgan fingerprint density at radius 1 is 0.415 bits per heavy atom. The molecule has 0 fully saturated rings. The number of likely N-dealkylation sites (N-methyl/N-ethyl adjacent to an activating group) is 1. The number of hydrogen-bond donors (Lipinski definition) is 3. The fourth-order valence-electron chi connectivity index (χ4n) is 10.7. The summed E-state index contributed by atoms with van der Waals surface area (Å²) in [6.45, 7) is 4.83. The maximum absolute atomic E-state index is 13.1. The van der Waals surface area contributed by atoms with E-state index in [0.29, 0.717) is 17.4 Å². The van der Waals surface area contributed by atoms with Crippen molar-refractivity contribution >= 4 is 13.7 Å². The lowest BCUT2D eigenvalue weighted by atomic mass is 10.0. The van der Waals surface area contributed by atoms with Crippen molar-refractivity contribution < 1.29 is 32.9 Å². The highest BCUT2D eigenvalue weighted by atomic mass is 31.2. The number of hydrogen-bond acceptors (Lipinski definition) is 5. The molecule has 3 atom stereocenters. The molecule has 0 heterocycles. The summed E-state index contributed by atoms with van der Waals surface area (Å²) in [4.78, 5) is 23.4. The number of amides is 1. The van der Waals surface area contributed by atoms with E-state index in [1.165, 1.54) is 276 Å². The molecule has 0 bridgehead atoms. The fourth-order valence-corrected chi connectivity index (χ4v) is 11.4. The Morgan fingerprint density at radius 3 is 1.06 bits per heavy atom. The number of nitrogens with one attached hydrogen (secondary N) is 1. The van der Waals surface area contributed by atoms with Crippen LogP contribution in [0.4, 0.5) is 0 Å². The van der Waals surface area contributed by atoms with Crippen LogP contribution >= 0.6 is 7.82 Å². The Morgan fingerprint density at radius 2 is 0.707 bits per heavy atom. The minimum atomic E-state index is -4.36. The van der Waals surface area contributed by atoms with Gasteiger partial charge < -0.3 is 19.8 Å². The van der Waals surface area contributed by atoms with Crippen molar-refractivity contribution in [1.29, 1.82) is 0 Å². The maximum Gasteiger partial charge on any atom is 0.472 e. The van der Waals surface area contributed by atoms with Crippen molar-refractivity contribution in [3.8, 4) is 0 Å². The van der Waals surface area contributed by atoms with E-state index in [2.05, 4.69) is 67.8 Å². The highest BCUT2D eigenvalue weighted by molar-refractivity contribution is 7.47. The van der Waals surface area contributed by atoms with Gasteiger partial charge >= 0.3 is 7.82 Å². The standard InChI is InChI=1S/C73H139N2O6P/c1-6-8-10-12-14-16-18-20-22-24-26-28-30-32-34-35-36-37-38-39-41-43-45-47-49-51-53-55-57-59-61-63-65-67-73(77)74-71(70-81-82(78,79)80-69-68-75(3,4)5)72(76)66-64-62-60-58-56-54-52-50-48-46-44-42-40-33-31-29-27-25-23-21-19-17-15-13-11-9-7-2/h18,20,24,26,30,32,56,58,64,66,71-72,76H,6-17,19,21-23,25,27-29,31,33-55,57,59-63,65,67-70H2,1-5H3,(H-,74,77,78,79)/p+1/b20-18-,26-24-,32-30-,58-56+,66-64+. The first-order valence-electron chi connectivity index (χ1n) is 35.7. The molecular weight excluding hydrogens is 1030 g/mol. The minimum absolute atomic E-state index is 0.0563. The summed E-state index contributed by atoms with van der Waals surface area (Å²) in [6, 6.07) is -0.866. The number of aliphatic hydroxyl groups is 1. The molecule has 0 aliphatic carbocycles. The molecule has 8 nitrogen and oxygen atoms in total. The molecule has 482 valence electrons. The molecule has 3 unspecified atom stereocenters. The number of carbonyl (C=O) groups excluding carboxylic acids is 1. The van der Waals surface area contributed by atoms with Crippen LogP contribution in [0.3, 0.4) is 0 Å². The van der Waals surface area contributed by atoms with Gasteiger partial charge in [0, 0.05) is 6.42 Å². The predicted molar refractivity (Wildman–Crippen MR) is 360 cm³/mol. The number of unbranched alkanes of at least 4 members (excludes halogenated alkanes) is 45. The Labute approximate surface area is 511 Å². The monoisotopic (exact) mass is 1170 g/mol. The number of nitrogens with zero attached hydrogens (tertiary/aromatic N) is 1. The largest absolute Gasteiger partial charge is 0.472 e. The second-order valence-electron chi connectivity index (χ2n) is 25.6. The van der Waals surface area contributed by atoms with Gasteiger partial charge in [0.05, 0.1) is 39.9 Å². The number of quaternary nitrogens is 1. The van der Waals surface area contributed by atoms with Crippen LogP contribution in [0, 0.1) is 0 Å². The lowest BCUT2D eigenvalue weighted by molar-refractivity contribution is -0.870. The Bertz CT molecular complexity index is 1520. The summed E-state index contributed by atoms with van der Waals surface area (Å²) in [7, 11) is 1.57. The van der Waals surface area contributed by atoms with Gasteiger partial charge in [-0.05, 0) is 70.6 Å². The van der Waals surface area contributed by atoms with Crippen LogP contribution in [-0.4, -0.2) is 73.4 Å².